The minimum Gasteiger partial charge on any atom is -0.461 e. The van der Waals surface area contributed by atoms with E-state index in [1.54, 1.807) is 0 Å². The molecule has 0 radical (unpaired) electrons. The lowest BCUT2D eigenvalue weighted by Gasteiger charge is -2.32. The van der Waals surface area contributed by atoms with Gasteiger partial charge in [0.15, 0.2) is 0 Å². The van der Waals surface area contributed by atoms with E-state index in [2.05, 4.69) is 6.58 Å². The Kier molecular flexibility index (Phi) is 2.69. The Morgan fingerprint density at radius 2 is 2.45 bits per heavy atom. The summed E-state index contributed by atoms with van der Waals surface area (Å²) in [6.45, 7) is 5.55. The van der Waals surface area contributed by atoms with Crippen molar-refractivity contribution in [1.29, 1.82) is 0 Å². The van der Waals surface area contributed by atoms with Crippen LogP contribution in [0.4, 0.5) is 0 Å². The van der Waals surface area contributed by atoms with Crippen LogP contribution in [0.5, 0.6) is 0 Å². The predicted molar refractivity (Wildman–Crippen MR) is 43.1 cm³/mol. The van der Waals surface area contributed by atoms with Crippen molar-refractivity contribution in [1.82, 2.24) is 0 Å². The summed E-state index contributed by atoms with van der Waals surface area (Å²) in [5, 5.41) is 0. The van der Waals surface area contributed by atoms with Crippen molar-refractivity contribution in [2.24, 2.45) is 5.92 Å². The zero-order valence-corrected chi connectivity index (χ0v) is 6.88. The summed E-state index contributed by atoms with van der Waals surface area (Å²) >= 11 is 0. The van der Waals surface area contributed by atoms with Crippen molar-refractivity contribution >= 4 is 5.97 Å². The molecule has 0 aliphatic carbocycles. The Morgan fingerprint density at radius 3 is 2.91 bits per heavy atom. The number of hydrogen-bond donors (Lipinski definition) is 0. The Balaban J connectivity index is 2.10. The first kappa shape index (κ1) is 8.31. The van der Waals surface area contributed by atoms with Crippen LogP contribution in [0, 0.1) is 5.92 Å². The summed E-state index contributed by atoms with van der Waals surface area (Å²) in [6, 6.07) is 0. The number of unbranched alkanes of at least 4 members (excludes halogenated alkanes) is 1. The van der Waals surface area contributed by atoms with Crippen LogP contribution < -0.4 is 0 Å². The molecule has 0 spiro atoms. The third-order valence-electron chi connectivity index (χ3n) is 2.09. The summed E-state index contributed by atoms with van der Waals surface area (Å²) < 4.78 is 4.92. The fraction of sp³-hybridized carbons (Fsp3) is 0.667. The van der Waals surface area contributed by atoms with Gasteiger partial charge < -0.3 is 4.74 Å². The monoisotopic (exact) mass is 154 g/mol. The maximum absolute atomic E-state index is 10.6. The maximum atomic E-state index is 10.6. The van der Waals surface area contributed by atoms with E-state index in [0.717, 1.165) is 19.3 Å². The number of allylic oxidation sites excluding steroid dienone is 1. The average molecular weight is 154 g/mol. The van der Waals surface area contributed by atoms with Gasteiger partial charge in [-0.25, -0.2) is 0 Å². The van der Waals surface area contributed by atoms with Gasteiger partial charge in [-0.05, 0) is 26.2 Å². The number of carbonyl (C=O) groups is 1. The molecule has 0 aromatic rings. The van der Waals surface area contributed by atoms with Crippen molar-refractivity contribution in [2.45, 2.75) is 32.3 Å². The van der Waals surface area contributed by atoms with Gasteiger partial charge in [-0.1, -0.05) is 6.08 Å². The predicted octanol–water partition coefficient (Wildman–Crippen LogP) is 1.90. The van der Waals surface area contributed by atoms with Crippen LogP contribution in [-0.4, -0.2) is 12.1 Å². The van der Waals surface area contributed by atoms with E-state index in [1.807, 2.05) is 13.0 Å². The number of carbonyl (C=O) groups excluding carboxylic acids is 1. The summed E-state index contributed by atoms with van der Waals surface area (Å²) in [6.07, 6.45) is 5.15. The van der Waals surface area contributed by atoms with Gasteiger partial charge in [-0.3, -0.25) is 4.79 Å². The molecule has 1 heterocycles. The van der Waals surface area contributed by atoms with Crippen LogP contribution >= 0.6 is 0 Å². The molecule has 2 heteroatoms. The third-order valence-corrected chi connectivity index (χ3v) is 2.09. The number of esters is 1. The molecule has 0 unspecified atom stereocenters. The highest BCUT2D eigenvalue weighted by atomic mass is 16.6. The highest BCUT2D eigenvalue weighted by Gasteiger charge is 2.37. The number of hydrogen-bond acceptors (Lipinski definition) is 2. The van der Waals surface area contributed by atoms with E-state index in [-0.39, 0.29) is 18.0 Å². The lowest BCUT2D eigenvalue weighted by molar-refractivity contribution is -0.183. The van der Waals surface area contributed by atoms with Crippen LogP contribution in [0.25, 0.3) is 0 Å². The van der Waals surface area contributed by atoms with Crippen molar-refractivity contribution in [3.8, 4) is 0 Å². The van der Waals surface area contributed by atoms with Gasteiger partial charge in [0, 0.05) is 0 Å². The third kappa shape index (κ3) is 1.82. The summed E-state index contributed by atoms with van der Waals surface area (Å²) in [7, 11) is 0. The smallest absolute Gasteiger partial charge is 0.312 e. The van der Waals surface area contributed by atoms with Crippen LogP contribution in [-0.2, 0) is 9.53 Å². The second-order valence-corrected chi connectivity index (χ2v) is 2.98. The molecule has 1 saturated heterocycles. The van der Waals surface area contributed by atoms with Crippen molar-refractivity contribution in [3.63, 3.8) is 0 Å². The molecule has 0 saturated carbocycles. The fourth-order valence-corrected chi connectivity index (χ4v) is 1.21. The molecule has 0 amide bonds. The lowest BCUT2D eigenvalue weighted by Crippen LogP contribution is -2.42. The SMILES string of the molecule is C=CCCC[C@@H]1OC(=O)[C@H]1C. The minimum atomic E-state index is -0.0476. The van der Waals surface area contributed by atoms with Gasteiger partial charge >= 0.3 is 5.97 Å². The summed E-state index contributed by atoms with van der Waals surface area (Å²) in [5.74, 6) is 0.0772. The topological polar surface area (TPSA) is 26.3 Å². The van der Waals surface area contributed by atoms with Crippen LogP contribution in [0.3, 0.4) is 0 Å². The second-order valence-electron chi connectivity index (χ2n) is 2.98. The first-order chi connectivity index (χ1) is 5.25. The maximum Gasteiger partial charge on any atom is 0.312 e. The standard InChI is InChI=1S/C9H14O2/c1-3-4-5-6-8-7(2)9(10)11-8/h3,7-8H,1,4-6H2,2H3/t7-,8-/m0/s1. The molecule has 1 aliphatic rings. The molecule has 0 bridgehead atoms. The average Bonchev–Trinajstić information content (AvgIpc) is 2.03. The zero-order valence-electron chi connectivity index (χ0n) is 6.88. The molecule has 0 aromatic heterocycles. The molecular weight excluding hydrogens is 140 g/mol. The first-order valence-electron chi connectivity index (χ1n) is 4.07. The normalized spacial score (nSPS) is 29.0. The van der Waals surface area contributed by atoms with Gasteiger partial charge in [0.25, 0.3) is 0 Å². The molecule has 2 atom stereocenters. The van der Waals surface area contributed by atoms with Crippen LogP contribution in [0.2, 0.25) is 0 Å². The van der Waals surface area contributed by atoms with Gasteiger partial charge in [-0.2, -0.15) is 0 Å². The van der Waals surface area contributed by atoms with Crippen LogP contribution in [0.1, 0.15) is 26.2 Å². The lowest BCUT2D eigenvalue weighted by atomic mass is 9.94. The molecule has 1 rings (SSSR count). The molecule has 0 aromatic carbocycles. The number of ether oxygens (including phenoxy) is 1. The molecule has 62 valence electrons. The van der Waals surface area contributed by atoms with Gasteiger partial charge in [0.05, 0.1) is 5.92 Å². The van der Waals surface area contributed by atoms with E-state index < -0.39 is 0 Å². The van der Waals surface area contributed by atoms with E-state index >= 15 is 0 Å². The first-order valence-corrected chi connectivity index (χ1v) is 4.07. The van der Waals surface area contributed by atoms with Crippen molar-refractivity contribution in [2.75, 3.05) is 0 Å². The quantitative estimate of drug-likeness (QED) is 0.351. The van der Waals surface area contributed by atoms with Gasteiger partial charge in [-0.15, -0.1) is 6.58 Å². The number of rotatable bonds is 4. The highest BCUT2D eigenvalue weighted by Crippen LogP contribution is 2.25. The Morgan fingerprint density at radius 1 is 1.73 bits per heavy atom. The Hall–Kier alpha value is -0.790. The molecule has 1 fully saturated rings. The second kappa shape index (κ2) is 3.56. The zero-order chi connectivity index (χ0) is 8.27. The van der Waals surface area contributed by atoms with Crippen molar-refractivity contribution in [3.05, 3.63) is 12.7 Å². The van der Waals surface area contributed by atoms with E-state index in [9.17, 15) is 4.79 Å². The minimum absolute atomic E-state index is 0.0476. The molecule has 2 nitrogen and oxygen atoms in total. The number of cyclic esters (lactones) is 1. The fourth-order valence-electron chi connectivity index (χ4n) is 1.21. The summed E-state index contributed by atoms with van der Waals surface area (Å²) in [4.78, 5) is 10.6. The Labute approximate surface area is 67.2 Å². The van der Waals surface area contributed by atoms with Crippen molar-refractivity contribution < 1.29 is 9.53 Å². The Bertz CT molecular complexity index is 163. The van der Waals surface area contributed by atoms with Gasteiger partial charge in [0.1, 0.15) is 6.10 Å². The van der Waals surface area contributed by atoms with E-state index in [1.165, 1.54) is 0 Å². The molecule has 0 N–H and O–H groups in total. The van der Waals surface area contributed by atoms with Crippen LogP contribution in [0.15, 0.2) is 12.7 Å². The molecule has 11 heavy (non-hydrogen) atoms. The van der Waals surface area contributed by atoms with E-state index in [4.69, 9.17) is 4.74 Å². The van der Waals surface area contributed by atoms with E-state index in [0.29, 0.717) is 0 Å². The highest BCUT2D eigenvalue weighted by molar-refractivity contribution is 5.77. The molecule has 1 aliphatic heterocycles. The molecular formula is C9H14O2. The largest absolute Gasteiger partial charge is 0.461 e. The summed E-state index contributed by atoms with van der Waals surface area (Å²) in [5.41, 5.74) is 0. The van der Waals surface area contributed by atoms with Gasteiger partial charge in [0.2, 0.25) is 0 Å².